The van der Waals surface area contributed by atoms with Crippen LogP contribution in [0.1, 0.15) is 43.9 Å². The van der Waals surface area contributed by atoms with Crippen molar-refractivity contribution in [1.82, 2.24) is 14.5 Å². The van der Waals surface area contributed by atoms with Crippen LogP contribution in [0, 0.1) is 0 Å². The number of furan rings is 1. The predicted octanol–water partition coefficient (Wildman–Crippen LogP) is 2.38. The van der Waals surface area contributed by atoms with Crippen LogP contribution in [-0.2, 0) is 10.0 Å². The fraction of sp³-hybridized carbons (Fsp3) is 0.571. The number of piperidine rings is 1. The van der Waals surface area contributed by atoms with E-state index in [0.29, 0.717) is 30.7 Å². The molecule has 2 aromatic rings. The fourth-order valence-electron chi connectivity index (χ4n) is 2.64. The normalized spacial score (nSPS) is 20.4. The molecule has 4 rings (SSSR count). The van der Waals surface area contributed by atoms with Crippen molar-refractivity contribution in [2.45, 2.75) is 43.1 Å². The molecule has 22 heavy (non-hydrogen) atoms. The summed E-state index contributed by atoms with van der Waals surface area (Å²) >= 11 is 0. The van der Waals surface area contributed by atoms with Gasteiger partial charge in [-0.15, -0.1) is 10.2 Å². The lowest BCUT2D eigenvalue weighted by Gasteiger charge is -2.24. The molecule has 0 radical (unpaired) electrons. The molecule has 0 N–H and O–H groups in total. The van der Waals surface area contributed by atoms with Crippen LogP contribution in [0.25, 0.3) is 11.7 Å². The first-order valence-corrected chi connectivity index (χ1v) is 9.02. The first kappa shape index (κ1) is 14.0. The fourth-order valence-corrected chi connectivity index (χ4v) is 4.06. The van der Waals surface area contributed by atoms with E-state index in [1.807, 2.05) is 0 Å². The van der Waals surface area contributed by atoms with E-state index in [1.165, 1.54) is 10.4 Å². The second kappa shape index (κ2) is 5.20. The second-order valence-electron chi connectivity index (χ2n) is 5.80. The van der Waals surface area contributed by atoms with Gasteiger partial charge in [0.25, 0.3) is 15.9 Å². The molecule has 2 aromatic heterocycles. The summed E-state index contributed by atoms with van der Waals surface area (Å²) < 4.78 is 37.5. The quantitative estimate of drug-likeness (QED) is 0.858. The molecule has 1 aliphatic heterocycles. The highest BCUT2D eigenvalue weighted by atomic mass is 32.2. The zero-order valence-corrected chi connectivity index (χ0v) is 12.9. The first-order chi connectivity index (χ1) is 10.6. The molecule has 0 atom stereocenters. The predicted molar refractivity (Wildman–Crippen MR) is 76.6 cm³/mol. The minimum absolute atomic E-state index is 0.0597. The van der Waals surface area contributed by atoms with Gasteiger partial charge in [0.1, 0.15) is 0 Å². The molecule has 118 valence electrons. The van der Waals surface area contributed by atoms with E-state index < -0.39 is 10.0 Å². The molecule has 2 aliphatic rings. The van der Waals surface area contributed by atoms with Crippen molar-refractivity contribution in [2.24, 2.45) is 0 Å². The topological polar surface area (TPSA) is 89.4 Å². The molecule has 0 spiro atoms. The maximum atomic E-state index is 12.5. The van der Waals surface area contributed by atoms with E-state index in [2.05, 4.69) is 10.2 Å². The lowest BCUT2D eigenvalue weighted by Crippen LogP contribution is -2.35. The Bertz CT molecular complexity index is 770. The van der Waals surface area contributed by atoms with Crippen molar-refractivity contribution in [1.29, 1.82) is 0 Å². The Kier molecular flexibility index (Phi) is 3.30. The van der Waals surface area contributed by atoms with Crippen LogP contribution in [0.5, 0.6) is 0 Å². The number of sulfonamides is 1. The zero-order chi connectivity index (χ0) is 15.2. The van der Waals surface area contributed by atoms with Crippen LogP contribution in [0.2, 0.25) is 0 Å². The molecule has 1 aliphatic carbocycles. The summed E-state index contributed by atoms with van der Waals surface area (Å²) in [5.74, 6) is 1.50. The number of hydrogen-bond acceptors (Lipinski definition) is 6. The van der Waals surface area contributed by atoms with Crippen molar-refractivity contribution < 1.29 is 17.3 Å². The van der Waals surface area contributed by atoms with Gasteiger partial charge >= 0.3 is 0 Å². The van der Waals surface area contributed by atoms with E-state index in [1.54, 1.807) is 6.07 Å². The maximum absolute atomic E-state index is 12.5. The van der Waals surface area contributed by atoms with Crippen LogP contribution in [0.15, 0.2) is 26.1 Å². The highest BCUT2D eigenvalue weighted by Crippen LogP contribution is 2.40. The third-order valence-corrected chi connectivity index (χ3v) is 5.84. The lowest BCUT2D eigenvalue weighted by molar-refractivity contribution is 0.332. The van der Waals surface area contributed by atoms with Crippen LogP contribution >= 0.6 is 0 Å². The van der Waals surface area contributed by atoms with Crippen molar-refractivity contribution in [3.63, 3.8) is 0 Å². The Morgan fingerprint density at radius 2 is 1.82 bits per heavy atom. The molecule has 0 amide bonds. The third-order valence-electron chi connectivity index (χ3n) is 4.07. The molecule has 0 bridgehead atoms. The summed E-state index contributed by atoms with van der Waals surface area (Å²) in [6.07, 6.45) is 4.98. The minimum Gasteiger partial charge on any atom is -0.438 e. The van der Waals surface area contributed by atoms with Crippen molar-refractivity contribution in [3.05, 3.63) is 18.0 Å². The van der Waals surface area contributed by atoms with Crippen molar-refractivity contribution >= 4 is 10.0 Å². The smallest absolute Gasteiger partial charge is 0.283 e. The average Bonchev–Trinajstić information content (AvgIpc) is 3.06. The van der Waals surface area contributed by atoms with E-state index in [9.17, 15) is 8.42 Å². The Hall–Kier alpha value is -1.67. The number of hydrogen-bond donors (Lipinski definition) is 0. The number of nitrogens with zero attached hydrogens (tertiary/aromatic N) is 3. The highest BCUT2D eigenvalue weighted by molar-refractivity contribution is 7.89. The molecule has 7 nitrogen and oxygen atoms in total. The summed E-state index contributed by atoms with van der Waals surface area (Å²) in [5.41, 5.74) is 0. The molecule has 1 saturated heterocycles. The monoisotopic (exact) mass is 323 g/mol. The van der Waals surface area contributed by atoms with Gasteiger partial charge in [-0.25, -0.2) is 8.42 Å². The van der Waals surface area contributed by atoms with Gasteiger partial charge in [0, 0.05) is 19.0 Å². The molecular formula is C14H17N3O4S. The van der Waals surface area contributed by atoms with Gasteiger partial charge in [-0.1, -0.05) is 6.42 Å². The molecule has 1 saturated carbocycles. The Labute approximate surface area is 128 Å². The Morgan fingerprint density at radius 3 is 2.55 bits per heavy atom. The molecule has 0 unspecified atom stereocenters. The number of rotatable bonds is 4. The highest BCUT2D eigenvalue weighted by Gasteiger charge is 2.32. The standard InChI is InChI=1S/C14H17N3O4S/c18-22(19,17-8-2-1-3-9-17)12-7-6-11(20-12)14-16-15-13(21-14)10-4-5-10/h6-7,10H,1-5,8-9H2. The van der Waals surface area contributed by atoms with Gasteiger partial charge in [0.2, 0.25) is 11.0 Å². The van der Waals surface area contributed by atoms with Gasteiger partial charge in [0.05, 0.1) is 0 Å². The molecule has 0 aromatic carbocycles. The minimum atomic E-state index is -3.57. The van der Waals surface area contributed by atoms with E-state index in [4.69, 9.17) is 8.83 Å². The van der Waals surface area contributed by atoms with Gasteiger partial charge in [-0.05, 0) is 37.8 Å². The summed E-state index contributed by atoms with van der Waals surface area (Å²) in [4.78, 5) is 0. The molecule has 8 heteroatoms. The molecule has 2 fully saturated rings. The Morgan fingerprint density at radius 1 is 1.05 bits per heavy atom. The van der Waals surface area contributed by atoms with Crippen molar-refractivity contribution in [3.8, 4) is 11.7 Å². The second-order valence-corrected chi connectivity index (χ2v) is 7.67. The molecule has 3 heterocycles. The third kappa shape index (κ3) is 2.46. The average molecular weight is 323 g/mol. The van der Waals surface area contributed by atoms with E-state index in [0.717, 1.165) is 32.1 Å². The number of aromatic nitrogens is 2. The largest absolute Gasteiger partial charge is 0.438 e. The summed E-state index contributed by atoms with van der Waals surface area (Å²) in [6, 6.07) is 3.03. The first-order valence-electron chi connectivity index (χ1n) is 7.58. The van der Waals surface area contributed by atoms with Gasteiger partial charge in [-0.2, -0.15) is 4.31 Å². The SMILES string of the molecule is O=S(=O)(c1ccc(-c2nnc(C3CC3)o2)o1)N1CCCCC1. The van der Waals surface area contributed by atoms with Crippen LogP contribution < -0.4 is 0 Å². The molecular weight excluding hydrogens is 306 g/mol. The van der Waals surface area contributed by atoms with Gasteiger partial charge in [0.15, 0.2) is 5.76 Å². The summed E-state index contributed by atoms with van der Waals surface area (Å²) in [5, 5.41) is 7.86. The van der Waals surface area contributed by atoms with Crippen LogP contribution in [0.4, 0.5) is 0 Å². The summed E-state index contributed by atoms with van der Waals surface area (Å²) in [6.45, 7) is 1.09. The lowest BCUT2D eigenvalue weighted by atomic mass is 10.2. The Balaban J connectivity index is 1.59. The van der Waals surface area contributed by atoms with Crippen LogP contribution in [0.3, 0.4) is 0 Å². The zero-order valence-electron chi connectivity index (χ0n) is 12.1. The van der Waals surface area contributed by atoms with E-state index in [-0.39, 0.29) is 11.0 Å². The summed E-state index contributed by atoms with van der Waals surface area (Å²) in [7, 11) is -3.57. The van der Waals surface area contributed by atoms with Gasteiger partial charge in [-0.3, -0.25) is 0 Å². The van der Waals surface area contributed by atoms with E-state index >= 15 is 0 Å². The maximum Gasteiger partial charge on any atom is 0.283 e. The van der Waals surface area contributed by atoms with Crippen molar-refractivity contribution in [2.75, 3.05) is 13.1 Å². The van der Waals surface area contributed by atoms with Gasteiger partial charge < -0.3 is 8.83 Å². The van der Waals surface area contributed by atoms with Crippen LogP contribution in [-0.4, -0.2) is 36.0 Å².